The first kappa shape index (κ1) is 18.6. The Bertz CT molecular complexity index is 1180. The van der Waals surface area contributed by atoms with E-state index in [-0.39, 0.29) is 12.3 Å². The molecule has 0 N–H and O–H groups in total. The molecule has 0 unspecified atom stereocenters. The van der Waals surface area contributed by atoms with Gasteiger partial charge in [-0.1, -0.05) is 57.6 Å². The molecule has 28 heavy (non-hydrogen) atoms. The Morgan fingerprint density at radius 3 is 2.57 bits per heavy atom. The van der Waals surface area contributed by atoms with Crippen molar-refractivity contribution >= 4 is 27.3 Å². The van der Waals surface area contributed by atoms with Crippen LogP contribution in [0.25, 0.3) is 16.9 Å². The molecule has 0 aliphatic rings. The molecule has 0 aliphatic carbocycles. The Labute approximate surface area is 173 Å². The average molecular weight is 458 g/mol. The van der Waals surface area contributed by atoms with Crippen LogP contribution in [0.2, 0.25) is 0 Å². The zero-order chi connectivity index (χ0) is 19.7. The highest BCUT2D eigenvalue weighted by Gasteiger charge is 2.14. The van der Waals surface area contributed by atoms with Gasteiger partial charge in [0.15, 0.2) is 0 Å². The first-order valence-electron chi connectivity index (χ1n) is 8.46. The van der Waals surface area contributed by atoms with Gasteiger partial charge in [0.1, 0.15) is 6.61 Å². The summed E-state index contributed by atoms with van der Waals surface area (Å²) in [5, 5.41) is 8.26. The Morgan fingerprint density at radius 1 is 1.11 bits per heavy atom. The van der Waals surface area contributed by atoms with Crippen LogP contribution in [0.3, 0.4) is 0 Å². The van der Waals surface area contributed by atoms with E-state index in [0.29, 0.717) is 10.9 Å². The molecule has 4 aromatic rings. The maximum absolute atomic E-state index is 12.2. The van der Waals surface area contributed by atoms with Gasteiger partial charge in [-0.3, -0.25) is 0 Å². The number of hydrogen-bond acceptors (Lipinski definition) is 6. The second-order valence-corrected chi connectivity index (χ2v) is 8.19. The number of aryl methyl sites for hydroxylation is 2. The third kappa shape index (κ3) is 3.63. The number of rotatable bonds is 5. The van der Waals surface area contributed by atoms with E-state index >= 15 is 0 Å². The van der Waals surface area contributed by atoms with E-state index in [1.807, 2.05) is 55.5 Å². The first-order chi connectivity index (χ1) is 13.5. The van der Waals surface area contributed by atoms with Crippen molar-refractivity contribution in [3.63, 3.8) is 0 Å². The molecule has 0 spiro atoms. The molecule has 0 atom stereocenters. The standard InChI is InChI=1S/C19H16BrN5O2S/c1-12-17(13-7-9-15(20)10-8-13)21-18(28-12)27-11-14-5-3-4-6-16(14)25-19(26)24(2)22-23-25/h3-10H,11H2,1-2H3. The van der Waals surface area contributed by atoms with Crippen LogP contribution in [0.1, 0.15) is 10.4 Å². The second-order valence-electron chi connectivity index (χ2n) is 6.11. The summed E-state index contributed by atoms with van der Waals surface area (Å²) in [6, 6.07) is 15.5. The highest BCUT2D eigenvalue weighted by atomic mass is 79.9. The monoisotopic (exact) mass is 457 g/mol. The molecule has 9 heteroatoms. The SMILES string of the molecule is Cc1sc(OCc2ccccc2-n2nnn(C)c2=O)nc1-c1ccc(Br)cc1. The molecule has 0 fully saturated rings. The summed E-state index contributed by atoms with van der Waals surface area (Å²) in [6.45, 7) is 2.29. The largest absolute Gasteiger partial charge is 0.465 e. The zero-order valence-corrected chi connectivity index (χ0v) is 17.6. The van der Waals surface area contributed by atoms with E-state index in [1.165, 1.54) is 20.7 Å². The molecule has 4 rings (SSSR count). The lowest BCUT2D eigenvalue weighted by molar-refractivity contribution is 0.304. The Kier molecular flexibility index (Phi) is 5.10. The third-order valence-electron chi connectivity index (χ3n) is 4.19. The number of nitrogens with zero attached hydrogens (tertiary/aromatic N) is 5. The minimum absolute atomic E-state index is 0.270. The molecule has 2 aromatic heterocycles. The molecule has 0 radical (unpaired) electrons. The molecule has 0 bridgehead atoms. The number of hydrogen-bond donors (Lipinski definition) is 0. The highest BCUT2D eigenvalue weighted by Crippen LogP contribution is 2.32. The third-order valence-corrected chi connectivity index (χ3v) is 5.60. The van der Waals surface area contributed by atoms with Crippen molar-refractivity contribution in [2.45, 2.75) is 13.5 Å². The molecule has 2 aromatic carbocycles. The summed E-state index contributed by atoms with van der Waals surface area (Å²) in [7, 11) is 1.56. The minimum Gasteiger partial charge on any atom is -0.465 e. The predicted molar refractivity (Wildman–Crippen MR) is 111 cm³/mol. The number of thiazole rings is 1. The normalized spacial score (nSPS) is 11.0. The van der Waals surface area contributed by atoms with E-state index < -0.39 is 0 Å². The lowest BCUT2D eigenvalue weighted by Gasteiger charge is -2.08. The van der Waals surface area contributed by atoms with E-state index in [2.05, 4.69) is 31.3 Å². The van der Waals surface area contributed by atoms with Crippen molar-refractivity contribution in [1.82, 2.24) is 24.8 Å². The second kappa shape index (κ2) is 7.69. The number of halogens is 1. The zero-order valence-electron chi connectivity index (χ0n) is 15.2. The van der Waals surface area contributed by atoms with Gasteiger partial charge in [0.2, 0.25) is 0 Å². The van der Waals surface area contributed by atoms with Gasteiger partial charge in [-0.15, -0.1) is 0 Å². The van der Waals surface area contributed by atoms with Crippen molar-refractivity contribution < 1.29 is 4.74 Å². The maximum Gasteiger partial charge on any atom is 0.368 e. The molecular weight excluding hydrogens is 442 g/mol. The summed E-state index contributed by atoms with van der Waals surface area (Å²) < 4.78 is 9.41. The van der Waals surface area contributed by atoms with Crippen LogP contribution in [0.5, 0.6) is 5.19 Å². The summed E-state index contributed by atoms with van der Waals surface area (Å²) in [5.74, 6) is 0. The molecular formula is C19H16BrN5O2S. The van der Waals surface area contributed by atoms with Crippen LogP contribution in [0, 0.1) is 6.92 Å². The Balaban J connectivity index is 1.58. The van der Waals surface area contributed by atoms with Crippen molar-refractivity contribution in [2.75, 3.05) is 0 Å². The van der Waals surface area contributed by atoms with Crippen molar-refractivity contribution in [2.24, 2.45) is 7.05 Å². The van der Waals surface area contributed by atoms with Gasteiger partial charge < -0.3 is 4.74 Å². The number of aromatic nitrogens is 5. The van der Waals surface area contributed by atoms with Gasteiger partial charge in [-0.25, -0.2) is 9.78 Å². The topological polar surface area (TPSA) is 74.8 Å². The minimum atomic E-state index is -0.310. The molecule has 2 heterocycles. The predicted octanol–water partition coefficient (Wildman–Crippen LogP) is 3.74. The fourth-order valence-electron chi connectivity index (χ4n) is 2.75. The van der Waals surface area contributed by atoms with E-state index in [4.69, 9.17) is 4.74 Å². The van der Waals surface area contributed by atoms with Gasteiger partial charge in [0.25, 0.3) is 5.19 Å². The van der Waals surface area contributed by atoms with Crippen LogP contribution in [0.4, 0.5) is 0 Å². The first-order valence-corrected chi connectivity index (χ1v) is 10.1. The molecule has 142 valence electrons. The Hall–Kier alpha value is -2.78. The molecule has 0 saturated heterocycles. The number of benzene rings is 2. The average Bonchev–Trinajstić information content (AvgIpc) is 3.23. The number of para-hydroxylation sites is 1. The van der Waals surface area contributed by atoms with Crippen LogP contribution in [0.15, 0.2) is 57.8 Å². The number of ether oxygens (including phenoxy) is 1. The molecule has 0 saturated carbocycles. The summed E-state index contributed by atoms with van der Waals surface area (Å²) in [5.41, 5.74) is 3.10. The molecule has 0 aliphatic heterocycles. The summed E-state index contributed by atoms with van der Waals surface area (Å²) in [4.78, 5) is 17.9. The lowest BCUT2D eigenvalue weighted by Crippen LogP contribution is -2.23. The van der Waals surface area contributed by atoms with Crippen LogP contribution < -0.4 is 10.4 Å². The fourth-order valence-corrected chi connectivity index (χ4v) is 3.79. The van der Waals surface area contributed by atoms with E-state index in [9.17, 15) is 4.79 Å². The van der Waals surface area contributed by atoms with Crippen molar-refractivity contribution in [3.05, 3.63) is 73.9 Å². The number of tetrazole rings is 1. The fraction of sp³-hybridized carbons (Fsp3) is 0.158. The maximum atomic E-state index is 12.2. The van der Waals surface area contributed by atoms with Gasteiger partial charge in [0, 0.05) is 27.5 Å². The Morgan fingerprint density at radius 2 is 1.86 bits per heavy atom. The van der Waals surface area contributed by atoms with Crippen LogP contribution >= 0.6 is 27.3 Å². The van der Waals surface area contributed by atoms with Crippen molar-refractivity contribution in [1.29, 1.82) is 0 Å². The van der Waals surface area contributed by atoms with E-state index in [0.717, 1.165) is 26.2 Å². The molecule has 7 nitrogen and oxygen atoms in total. The molecule has 0 amide bonds. The highest BCUT2D eigenvalue weighted by molar-refractivity contribution is 9.10. The lowest BCUT2D eigenvalue weighted by atomic mass is 10.1. The van der Waals surface area contributed by atoms with Crippen LogP contribution in [-0.2, 0) is 13.7 Å². The van der Waals surface area contributed by atoms with Gasteiger partial charge in [-0.05, 0) is 35.5 Å². The van der Waals surface area contributed by atoms with Gasteiger partial charge >= 0.3 is 5.69 Å². The van der Waals surface area contributed by atoms with Crippen LogP contribution in [-0.4, -0.2) is 24.8 Å². The summed E-state index contributed by atoms with van der Waals surface area (Å²) in [6.07, 6.45) is 0. The van der Waals surface area contributed by atoms with Crippen molar-refractivity contribution in [3.8, 4) is 22.1 Å². The summed E-state index contributed by atoms with van der Waals surface area (Å²) >= 11 is 4.94. The smallest absolute Gasteiger partial charge is 0.368 e. The van der Waals surface area contributed by atoms with Gasteiger partial charge in [0.05, 0.1) is 11.4 Å². The van der Waals surface area contributed by atoms with Gasteiger partial charge in [-0.2, -0.15) is 9.36 Å². The quantitative estimate of drug-likeness (QED) is 0.456. The van der Waals surface area contributed by atoms with E-state index in [1.54, 1.807) is 7.05 Å².